The lowest BCUT2D eigenvalue weighted by atomic mass is 10.1. The molecule has 2 rings (SSSR count). The van der Waals surface area contributed by atoms with Crippen LogP contribution in [-0.4, -0.2) is 15.9 Å². The zero-order valence-electron chi connectivity index (χ0n) is 12.9. The largest absolute Gasteiger partial charge is 0.352 e. The van der Waals surface area contributed by atoms with Gasteiger partial charge in [0.25, 0.3) is 0 Å². The Morgan fingerprint density at radius 1 is 1.35 bits per heavy atom. The van der Waals surface area contributed by atoms with E-state index < -0.39 is 0 Å². The fourth-order valence-electron chi connectivity index (χ4n) is 2.31. The summed E-state index contributed by atoms with van der Waals surface area (Å²) in [4.78, 5) is 19.3. The number of nitrogens with zero attached hydrogens (tertiary/aromatic N) is 1. The van der Waals surface area contributed by atoms with Crippen LogP contribution in [0.3, 0.4) is 0 Å². The minimum absolute atomic E-state index is 0.0442. The third-order valence-electron chi connectivity index (χ3n) is 3.55. The van der Waals surface area contributed by atoms with Crippen molar-refractivity contribution in [3.63, 3.8) is 0 Å². The molecule has 1 aromatic heterocycles. The number of aromatic amines is 1. The second-order valence-corrected chi connectivity index (χ2v) is 6.47. The van der Waals surface area contributed by atoms with Crippen LogP contribution < -0.4 is 5.32 Å². The number of halogens is 2. The number of carbonyl (C=O) groups excluding carboxylic acids is 1. The van der Waals surface area contributed by atoms with Gasteiger partial charge in [-0.15, -0.1) is 0 Å². The molecule has 0 spiro atoms. The van der Waals surface area contributed by atoms with Gasteiger partial charge in [0.2, 0.25) is 5.91 Å². The summed E-state index contributed by atoms with van der Waals surface area (Å²) in [5.41, 5.74) is 3.68. The first-order valence-corrected chi connectivity index (χ1v) is 8.30. The summed E-state index contributed by atoms with van der Waals surface area (Å²) in [5.74, 6) is -0.0442. The number of aromatic nitrogens is 2. The van der Waals surface area contributed by atoms with Crippen LogP contribution in [0.4, 0.5) is 0 Å². The number of hydrogen-bond acceptors (Lipinski definition) is 3. The third kappa shape index (κ3) is 5.03. The molecule has 7 heteroatoms. The Hall–Kier alpha value is -1.43. The van der Waals surface area contributed by atoms with Crippen LogP contribution in [0.1, 0.15) is 28.9 Å². The molecule has 0 atom stereocenters. The van der Waals surface area contributed by atoms with Crippen molar-refractivity contribution in [1.29, 1.82) is 0 Å². The van der Waals surface area contributed by atoms with Crippen LogP contribution in [0.15, 0.2) is 18.2 Å². The van der Waals surface area contributed by atoms with Gasteiger partial charge in [0, 0.05) is 34.4 Å². The second kappa shape index (κ2) is 7.90. The first-order valence-electron chi connectivity index (χ1n) is 7.14. The summed E-state index contributed by atoms with van der Waals surface area (Å²) >= 11 is 17.0. The minimum atomic E-state index is -0.0442. The zero-order chi connectivity index (χ0) is 17.0. The molecule has 1 heterocycles. The van der Waals surface area contributed by atoms with Gasteiger partial charge in [-0.3, -0.25) is 4.79 Å². The predicted octanol–water partition coefficient (Wildman–Crippen LogP) is 4.31. The molecular formula is C16H17Cl2N3OS. The van der Waals surface area contributed by atoms with Crippen LogP contribution in [0.2, 0.25) is 10.0 Å². The summed E-state index contributed by atoms with van der Waals surface area (Å²) in [5, 5.41) is 3.98. The van der Waals surface area contributed by atoms with Crippen molar-refractivity contribution in [2.24, 2.45) is 0 Å². The lowest BCUT2D eigenvalue weighted by Gasteiger charge is -2.10. The molecule has 2 aromatic rings. The van der Waals surface area contributed by atoms with Gasteiger partial charge in [-0.25, -0.2) is 4.98 Å². The Morgan fingerprint density at radius 3 is 2.74 bits per heavy atom. The third-order valence-corrected chi connectivity index (χ3v) is 4.33. The molecule has 0 saturated heterocycles. The van der Waals surface area contributed by atoms with E-state index in [0.717, 1.165) is 22.5 Å². The van der Waals surface area contributed by atoms with Gasteiger partial charge >= 0.3 is 0 Å². The van der Waals surface area contributed by atoms with E-state index >= 15 is 0 Å². The van der Waals surface area contributed by atoms with Crippen molar-refractivity contribution in [3.8, 4) is 0 Å². The molecule has 0 aliphatic heterocycles. The molecule has 0 aliphatic carbocycles. The van der Waals surface area contributed by atoms with E-state index in [1.807, 2.05) is 13.8 Å². The molecule has 0 unspecified atom stereocenters. The summed E-state index contributed by atoms with van der Waals surface area (Å²) in [6, 6.07) is 5.22. The predicted molar refractivity (Wildman–Crippen MR) is 95.5 cm³/mol. The highest BCUT2D eigenvalue weighted by molar-refractivity contribution is 7.71. The average Bonchev–Trinajstić information content (AvgIpc) is 2.45. The molecule has 2 N–H and O–H groups in total. The fourth-order valence-corrected chi connectivity index (χ4v) is 3.07. The molecule has 0 saturated carbocycles. The molecule has 4 nitrogen and oxygen atoms in total. The van der Waals surface area contributed by atoms with Gasteiger partial charge in [0.1, 0.15) is 0 Å². The molecule has 122 valence electrons. The van der Waals surface area contributed by atoms with E-state index in [1.165, 1.54) is 0 Å². The minimum Gasteiger partial charge on any atom is -0.352 e. The maximum absolute atomic E-state index is 12.0. The van der Waals surface area contributed by atoms with Gasteiger partial charge in [0.15, 0.2) is 4.77 Å². The quantitative estimate of drug-likeness (QED) is 0.771. The van der Waals surface area contributed by atoms with Crippen molar-refractivity contribution in [2.45, 2.75) is 33.2 Å². The molecule has 0 bridgehead atoms. The Kier molecular flexibility index (Phi) is 6.16. The topological polar surface area (TPSA) is 57.8 Å². The molecule has 0 aliphatic rings. The fraction of sp³-hybridized carbons (Fsp3) is 0.312. The van der Waals surface area contributed by atoms with Crippen molar-refractivity contribution < 1.29 is 4.79 Å². The lowest BCUT2D eigenvalue weighted by Crippen LogP contribution is -2.23. The van der Waals surface area contributed by atoms with Gasteiger partial charge < -0.3 is 10.3 Å². The van der Waals surface area contributed by atoms with Gasteiger partial charge in [0.05, 0.1) is 0 Å². The van der Waals surface area contributed by atoms with Crippen molar-refractivity contribution in [3.05, 3.63) is 55.5 Å². The van der Waals surface area contributed by atoms with Crippen LogP contribution in [0.25, 0.3) is 0 Å². The summed E-state index contributed by atoms with van der Waals surface area (Å²) in [6.07, 6.45) is 0.982. The summed E-state index contributed by atoms with van der Waals surface area (Å²) in [7, 11) is 0. The number of aryl methyl sites for hydroxylation is 2. The number of rotatable bonds is 5. The zero-order valence-corrected chi connectivity index (χ0v) is 15.2. The monoisotopic (exact) mass is 369 g/mol. The van der Waals surface area contributed by atoms with Crippen LogP contribution in [0, 0.1) is 18.6 Å². The van der Waals surface area contributed by atoms with Crippen LogP contribution in [0.5, 0.6) is 0 Å². The number of H-pyrrole nitrogens is 1. The van der Waals surface area contributed by atoms with E-state index in [9.17, 15) is 4.79 Å². The number of carbonyl (C=O) groups is 1. The Balaban J connectivity index is 1.92. The number of amides is 1. The molecule has 23 heavy (non-hydrogen) atoms. The van der Waals surface area contributed by atoms with E-state index in [-0.39, 0.29) is 5.91 Å². The number of benzene rings is 1. The summed E-state index contributed by atoms with van der Waals surface area (Å²) < 4.78 is 0.464. The second-order valence-electron chi connectivity index (χ2n) is 5.24. The van der Waals surface area contributed by atoms with Gasteiger partial charge in [-0.1, -0.05) is 29.3 Å². The number of nitrogens with one attached hydrogen (secondary N) is 2. The van der Waals surface area contributed by atoms with Gasteiger partial charge in [-0.2, -0.15) is 0 Å². The normalized spacial score (nSPS) is 10.6. The Morgan fingerprint density at radius 2 is 2.09 bits per heavy atom. The maximum atomic E-state index is 12.0. The SMILES string of the molecule is Cc1nc(=S)[nH]c(C)c1CCC(=O)NCc1ccc(Cl)cc1Cl. The smallest absolute Gasteiger partial charge is 0.220 e. The van der Waals surface area contributed by atoms with E-state index in [4.69, 9.17) is 35.4 Å². The summed E-state index contributed by atoms with van der Waals surface area (Å²) in [6.45, 7) is 4.21. The van der Waals surface area contributed by atoms with Crippen molar-refractivity contribution in [1.82, 2.24) is 15.3 Å². The van der Waals surface area contributed by atoms with E-state index in [0.29, 0.717) is 34.2 Å². The van der Waals surface area contributed by atoms with E-state index in [1.54, 1.807) is 18.2 Å². The lowest BCUT2D eigenvalue weighted by molar-refractivity contribution is -0.121. The molecule has 1 amide bonds. The molecule has 0 fully saturated rings. The molecular weight excluding hydrogens is 353 g/mol. The van der Waals surface area contributed by atoms with Gasteiger partial charge in [-0.05, 0) is 55.7 Å². The highest BCUT2D eigenvalue weighted by Gasteiger charge is 2.09. The molecule has 1 aromatic carbocycles. The standard InChI is InChI=1S/C16H17Cl2N3OS/c1-9-13(10(2)21-16(23)20-9)5-6-15(22)19-8-11-3-4-12(17)7-14(11)18/h3-4,7H,5-6,8H2,1-2H3,(H,19,22)(H,20,21,23). The van der Waals surface area contributed by atoms with Crippen molar-refractivity contribution >= 4 is 41.3 Å². The first-order chi connectivity index (χ1) is 10.9. The Bertz CT molecular complexity index is 763. The highest BCUT2D eigenvalue weighted by atomic mass is 35.5. The maximum Gasteiger partial charge on any atom is 0.220 e. The van der Waals surface area contributed by atoms with E-state index in [2.05, 4.69) is 15.3 Å². The number of hydrogen-bond donors (Lipinski definition) is 2. The van der Waals surface area contributed by atoms with Crippen LogP contribution in [-0.2, 0) is 17.8 Å². The Labute approximate surface area is 150 Å². The van der Waals surface area contributed by atoms with Crippen LogP contribution >= 0.6 is 35.4 Å². The molecule has 0 radical (unpaired) electrons. The average molecular weight is 370 g/mol. The van der Waals surface area contributed by atoms with Crippen molar-refractivity contribution in [2.75, 3.05) is 0 Å². The highest BCUT2D eigenvalue weighted by Crippen LogP contribution is 2.20. The first kappa shape index (κ1) is 17.9.